The van der Waals surface area contributed by atoms with Crippen LogP contribution in [0.25, 0.3) is 0 Å². The molecular weight excluding hydrogens is 290 g/mol. The third-order valence-corrected chi connectivity index (χ3v) is 4.62. The van der Waals surface area contributed by atoms with Crippen molar-refractivity contribution in [3.05, 3.63) is 17.7 Å². The van der Waals surface area contributed by atoms with Crippen LogP contribution >= 0.6 is 0 Å². The highest BCUT2D eigenvalue weighted by Crippen LogP contribution is 2.44. The van der Waals surface area contributed by atoms with E-state index in [9.17, 15) is 5.11 Å². The first-order chi connectivity index (χ1) is 11.0. The first kappa shape index (κ1) is 16.3. The zero-order valence-electron chi connectivity index (χ0n) is 14.2. The fourth-order valence-corrected chi connectivity index (χ4v) is 3.23. The molecule has 2 aliphatic rings. The van der Waals surface area contributed by atoms with Gasteiger partial charge < -0.3 is 20.5 Å². The van der Waals surface area contributed by atoms with E-state index in [4.69, 9.17) is 4.74 Å². The van der Waals surface area contributed by atoms with Gasteiger partial charge in [-0.1, -0.05) is 19.8 Å². The standard InChI is InChI=1S/C18H27N3O2/c1-4-5-6-7-21-16-12-10-13-14(20-9-8-19-13)11-15(12)23-18(2,3)17(16)22/h9-11,16-17,19,21-22H,4-8H2,1-3H3/t16-,17+/m0/s1. The van der Waals surface area contributed by atoms with Crippen LogP contribution in [0, 0.1) is 0 Å². The first-order valence-corrected chi connectivity index (χ1v) is 8.57. The summed E-state index contributed by atoms with van der Waals surface area (Å²) in [6, 6.07) is 3.92. The maximum atomic E-state index is 10.8. The van der Waals surface area contributed by atoms with E-state index in [2.05, 4.69) is 28.6 Å². The summed E-state index contributed by atoms with van der Waals surface area (Å²) >= 11 is 0. The molecule has 0 bridgehead atoms. The highest BCUT2D eigenvalue weighted by atomic mass is 16.5. The normalized spacial score (nSPS) is 24.3. The number of ether oxygens (including phenoxy) is 1. The van der Waals surface area contributed by atoms with Crippen LogP contribution in [0.1, 0.15) is 51.6 Å². The van der Waals surface area contributed by atoms with Crippen LogP contribution in [0.2, 0.25) is 0 Å². The summed E-state index contributed by atoms with van der Waals surface area (Å²) in [4.78, 5) is 4.43. The molecule has 0 spiro atoms. The molecule has 23 heavy (non-hydrogen) atoms. The maximum Gasteiger partial charge on any atom is 0.131 e. The Bertz CT molecular complexity index is 598. The number of rotatable bonds is 5. The predicted octanol–water partition coefficient (Wildman–Crippen LogP) is 3.17. The summed E-state index contributed by atoms with van der Waals surface area (Å²) in [6.45, 7) is 7.69. The van der Waals surface area contributed by atoms with Crippen molar-refractivity contribution in [2.75, 3.05) is 18.4 Å². The highest BCUT2D eigenvalue weighted by Gasteiger charge is 2.43. The fourth-order valence-electron chi connectivity index (χ4n) is 3.23. The number of unbranched alkanes of at least 4 members (excludes halogenated alkanes) is 2. The lowest BCUT2D eigenvalue weighted by atomic mass is 9.86. The molecule has 1 aromatic rings. The minimum atomic E-state index is -0.629. The van der Waals surface area contributed by atoms with Crippen LogP contribution in [0.4, 0.5) is 11.4 Å². The Morgan fingerprint density at radius 1 is 1.39 bits per heavy atom. The van der Waals surface area contributed by atoms with Gasteiger partial charge in [-0.05, 0) is 32.9 Å². The van der Waals surface area contributed by atoms with Crippen molar-refractivity contribution in [2.24, 2.45) is 4.99 Å². The number of nitrogens with zero attached hydrogens (tertiary/aromatic N) is 1. The van der Waals surface area contributed by atoms with Gasteiger partial charge in [0.05, 0.1) is 24.0 Å². The van der Waals surface area contributed by atoms with Gasteiger partial charge in [-0.15, -0.1) is 0 Å². The van der Waals surface area contributed by atoms with Crippen LogP contribution < -0.4 is 15.4 Å². The summed E-state index contributed by atoms with van der Waals surface area (Å²) in [7, 11) is 0. The number of aliphatic hydroxyl groups excluding tert-OH is 1. The van der Waals surface area contributed by atoms with Gasteiger partial charge in [-0.3, -0.25) is 4.99 Å². The Balaban J connectivity index is 1.91. The Hall–Kier alpha value is -1.59. The summed E-state index contributed by atoms with van der Waals surface area (Å²) in [5, 5.41) is 17.6. The zero-order chi connectivity index (χ0) is 16.4. The monoisotopic (exact) mass is 317 g/mol. The molecule has 2 heterocycles. The number of aliphatic imine (C=N–C) groups is 1. The van der Waals surface area contributed by atoms with Crippen molar-refractivity contribution < 1.29 is 9.84 Å². The van der Waals surface area contributed by atoms with Crippen LogP contribution in [0.15, 0.2) is 17.1 Å². The van der Waals surface area contributed by atoms with E-state index in [-0.39, 0.29) is 6.04 Å². The van der Waals surface area contributed by atoms with E-state index in [1.807, 2.05) is 26.1 Å². The molecule has 0 unspecified atom stereocenters. The largest absolute Gasteiger partial charge is 0.485 e. The Labute approximate surface area is 138 Å². The van der Waals surface area contributed by atoms with Crippen LogP contribution in [-0.2, 0) is 0 Å². The first-order valence-electron chi connectivity index (χ1n) is 8.57. The lowest BCUT2D eigenvalue weighted by Crippen LogP contribution is -2.52. The molecule has 3 rings (SSSR count). The van der Waals surface area contributed by atoms with Gasteiger partial charge in [0.15, 0.2) is 0 Å². The molecule has 3 N–H and O–H groups in total. The molecule has 0 saturated heterocycles. The smallest absolute Gasteiger partial charge is 0.131 e. The molecule has 0 fully saturated rings. The molecule has 0 saturated carbocycles. The molecule has 0 radical (unpaired) electrons. The van der Waals surface area contributed by atoms with Crippen molar-refractivity contribution in [3.63, 3.8) is 0 Å². The van der Waals surface area contributed by atoms with Crippen LogP contribution in [0.5, 0.6) is 5.75 Å². The van der Waals surface area contributed by atoms with E-state index in [1.165, 1.54) is 12.8 Å². The number of hydrogen-bond donors (Lipinski definition) is 3. The third kappa shape index (κ3) is 3.21. The van der Waals surface area contributed by atoms with Crippen LogP contribution in [-0.4, -0.2) is 36.1 Å². The van der Waals surface area contributed by atoms with E-state index >= 15 is 0 Å². The van der Waals surface area contributed by atoms with E-state index in [1.54, 1.807) is 0 Å². The highest BCUT2D eigenvalue weighted by molar-refractivity contribution is 5.82. The lowest BCUT2D eigenvalue weighted by Gasteiger charge is -2.43. The minimum absolute atomic E-state index is 0.122. The summed E-state index contributed by atoms with van der Waals surface area (Å²) in [5.41, 5.74) is 2.28. The molecule has 0 amide bonds. The SMILES string of the molecule is CCCCCN[C@H]1c2cc3c(cc2OC(C)(C)[C@@H]1O)N=CCN3. The summed E-state index contributed by atoms with van der Waals surface area (Å²) in [6.07, 6.45) is 4.77. The maximum absolute atomic E-state index is 10.8. The van der Waals surface area contributed by atoms with Gasteiger partial charge in [0.2, 0.25) is 0 Å². The van der Waals surface area contributed by atoms with Crippen molar-refractivity contribution in [1.29, 1.82) is 0 Å². The molecule has 5 nitrogen and oxygen atoms in total. The topological polar surface area (TPSA) is 65.9 Å². The van der Waals surface area contributed by atoms with Gasteiger partial charge >= 0.3 is 0 Å². The van der Waals surface area contributed by atoms with E-state index < -0.39 is 11.7 Å². The second-order valence-corrected chi connectivity index (χ2v) is 6.89. The van der Waals surface area contributed by atoms with E-state index in [0.29, 0.717) is 0 Å². The quantitative estimate of drug-likeness (QED) is 0.730. The molecule has 0 aromatic heterocycles. The molecule has 2 atom stereocenters. The Morgan fingerprint density at radius 2 is 2.22 bits per heavy atom. The van der Waals surface area contributed by atoms with Crippen LogP contribution in [0.3, 0.4) is 0 Å². The van der Waals surface area contributed by atoms with E-state index in [0.717, 1.165) is 42.2 Å². The van der Waals surface area contributed by atoms with Gasteiger partial charge in [-0.2, -0.15) is 0 Å². The predicted molar refractivity (Wildman–Crippen MR) is 94.1 cm³/mol. The molecule has 126 valence electrons. The average Bonchev–Trinajstić information content (AvgIpc) is 2.53. The minimum Gasteiger partial charge on any atom is -0.485 e. The molecular formula is C18H27N3O2. The van der Waals surface area contributed by atoms with Crippen molar-refractivity contribution in [1.82, 2.24) is 5.32 Å². The average molecular weight is 317 g/mol. The third-order valence-electron chi connectivity index (χ3n) is 4.62. The molecule has 2 aliphatic heterocycles. The van der Waals surface area contributed by atoms with Gasteiger partial charge in [0.25, 0.3) is 0 Å². The van der Waals surface area contributed by atoms with Gasteiger partial charge in [0, 0.05) is 17.8 Å². The second-order valence-electron chi connectivity index (χ2n) is 6.89. The zero-order valence-corrected chi connectivity index (χ0v) is 14.2. The van der Waals surface area contributed by atoms with Gasteiger partial charge in [-0.25, -0.2) is 0 Å². The van der Waals surface area contributed by atoms with Crippen molar-refractivity contribution in [2.45, 2.75) is 57.8 Å². The van der Waals surface area contributed by atoms with Crippen molar-refractivity contribution in [3.8, 4) is 5.75 Å². The number of hydrogen-bond acceptors (Lipinski definition) is 5. The molecule has 1 aromatic carbocycles. The second kappa shape index (κ2) is 6.49. The van der Waals surface area contributed by atoms with Crippen molar-refractivity contribution >= 4 is 17.6 Å². The number of anilines is 1. The van der Waals surface area contributed by atoms with Gasteiger partial charge in [0.1, 0.15) is 17.5 Å². The summed E-state index contributed by atoms with van der Waals surface area (Å²) in [5.74, 6) is 0.813. The Morgan fingerprint density at radius 3 is 3.00 bits per heavy atom. The number of nitrogens with one attached hydrogen (secondary N) is 2. The number of fused-ring (bicyclic) bond motifs is 2. The fraction of sp³-hybridized carbons (Fsp3) is 0.611. The molecule has 0 aliphatic carbocycles. The Kier molecular flexibility index (Phi) is 4.60. The lowest BCUT2D eigenvalue weighted by molar-refractivity contribution is -0.0644. The number of benzene rings is 1. The molecule has 5 heteroatoms. The number of aliphatic hydroxyl groups is 1. The summed E-state index contributed by atoms with van der Waals surface area (Å²) < 4.78 is 6.06.